The van der Waals surface area contributed by atoms with Gasteiger partial charge in [-0.2, -0.15) is 0 Å². The molecule has 0 saturated heterocycles. The fourth-order valence-electron chi connectivity index (χ4n) is 2.46. The van der Waals surface area contributed by atoms with Crippen molar-refractivity contribution >= 4 is 23.2 Å². The number of hydrogen-bond donors (Lipinski definition) is 2. The number of benzene rings is 2. The molecule has 0 aliphatic heterocycles. The van der Waals surface area contributed by atoms with Crippen molar-refractivity contribution in [1.29, 1.82) is 0 Å². The standard InChI is InChI=1S/C20H25N3O2/c1-3-23(18-7-5-4-6-8-18)19(24)13-16-9-11-17(12-10-16)22-20(25)15(2)14-21/h4-12,15H,3,13-14,21H2,1-2H3,(H,22,25). The van der Waals surface area contributed by atoms with E-state index in [4.69, 9.17) is 5.73 Å². The van der Waals surface area contributed by atoms with E-state index in [1.54, 1.807) is 11.8 Å². The number of nitrogens with zero attached hydrogens (tertiary/aromatic N) is 1. The summed E-state index contributed by atoms with van der Waals surface area (Å²) in [5, 5.41) is 2.82. The monoisotopic (exact) mass is 339 g/mol. The van der Waals surface area contributed by atoms with E-state index in [9.17, 15) is 9.59 Å². The highest BCUT2D eigenvalue weighted by molar-refractivity contribution is 5.95. The van der Waals surface area contributed by atoms with Crippen LogP contribution in [0.3, 0.4) is 0 Å². The molecule has 3 N–H and O–H groups in total. The topological polar surface area (TPSA) is 75.4 Å². The molecule has 0 heterocycles. The lowest BCUT2D eigenvalue weighted by Gasteiger charge is -2.21. The van der Waals surface area contributed by atoms with Crippen molar-refractivity contribution in [3.8, 4) is 0 Å². The summed E-state index contributed by atoms with van der Waals surface area (Å²) in [4.78, 5) is 26.2. The van der Waals surface area contributed by atoms with Crippen LogP contribution in [0, 0.1) is 5.92 Å². The lowest BCUT2D eigenvalue weighted by atomic mass is 10.1. The van der Waals surface area contributed by atoms with Gasteiger partial charge in [0.05, 0.1) is 6.42 Å². The van der Waals surface area contributed by atoms with E-state index in [1.165, 1.54) is 0 Å². The molecule has 0 fully saturated rings. The molecule has 132 valence electrons. The zero-order valence-corrected chi connectivity index (χ0v) is 14.7. The molecule has 0 aromatic heterocycles. The highest BCUT2D eigenvalue weighted by Crippen LogP contribution is 2.16. The van der Waals surface area contributed by atoms with Gasteiger partial charge in [-0.05, 0) is 36.8 Å². The molecule has 0 bridgehead atoms. The fourth-order valence-corrected chi connectivity index (χ4v) is 2.46. The van der Waals surface area contributed by atoms with Crippen LogP contribution in [0.2, 0.25) is 0 Å². The Hall–Kier alpha value is -2.66. The van der Waals surface area contributed by atoms with Crippen LogP contribution in [-0.4, -0.2) is 24.9 Å². The number of nitrogens with two attached hydrogens (primary N) is 1. The molecule has 0 saturated carbocycles. The molecule has 2 aromatic rings. The molecule has 5 heteroatoms. The minimum atomic E-state index is -0.231. The molecule has 0 aliphatic rings. The van der Waals surface area contributed by atoms with E-state index in [0.717, 1.165) is 11.3 Å². The summed E-state index contributed by atoms with van der Waals surface area (Å²) in [6.07, 6.45) is 0.316. The van der Waals surface area contributed by atoms with Gasteiger partial charge in [0.2, 0.25) is 11.8 Å². The van der Waals surface area contributed by atoms with Gasteiger partial charge >= 0.3 is 0 Å². The summed E-state index contributed by atoms with van der Waals surface area (Å²) in [5.41, 5.74) is 8.00. The Bertz CT molecular complexity index is 699. The first-order valence-corrected chi connectivity index (χ1v) is 8.50. The predicted molar refractivity (Wildman–Crippen MR) is 101 cm³/mol. The van der Waals surface area contributed by atoms with Gasteiger partial charge in [-0.1, -0.05) is 37.3 Å². The first kappa shape index (κ1) is 18.7. The normalized spacial score (nSPS) is 11.6. The van der Waals surface area contributed by atoms with Crippen LogP contribution >= 0.6 is 0 Å². The summed E-state index contributed by atoms with van der Waals surface area (Å²) in [6.45, 7) is 4.67. The van der Waals surface area contributed by atoms with Crippen molar-refractivity contribution in [3.05, 3.63) is 60.2 Å². The molecule has 0 aliphatic carbocycles. The number of para-hydroxylation sites is 1. The molecular formula is C20H25N3O2. The van der Waals surface area contributed by atoms with Crippen molar-refractivity contribution in [1.82, 2.24) is 0 Å². The Balaban J connectivity index is 2.00. The average molecular weight is 339 g/mol. The van der Waals surface area contributed by atoms with Gasteiger partial charge in [0, 0.05) is 30.4 Å². The van der Waals surface area contributed by atoms with Gasteiger partial charge in [-0.3, -0.25) is 9.59 Å². The second-order valence-corrected chi connectivity index (χ2v) is 5.97. The van der Waals surface area contributed by atoms with Gasteiger partial charge in [0.15, 0.2) is 0 Å². The molecule has 1 unspecified atom stereocenters. The molecule has 25 heavy (non-hydrogen) atoms. The van der Waals surface area contributed by atoms with Gasteiger partial charge in [-0.25, -0.2) is 0 Å². The Morgan fingerprint density at radius 1 is 1.08 bits per heavy atom. The molecule has 2 aromatic carbocycles. The van der Waals surface area contributed by atoms with Gasteiger partial charge in [0.1, 0.15) is 0 Å². The predicted octanol–water partition coefficient (Wildman–Crippen LogP) is 2.82. The van der Waals surface area contributed by atoms with Gasteiger partial charge in [-0.15, -0.1) is 0 Å². The molecule has 5 nitrogen and oxygen atoms in total. The van der Waals surface area contributed by atoms with Crippen LogP contribution in [0.25, 0.3) is 0 Å². The third-order valence-corrected chi connectivity index (χ3v) is 4.06. The van der Waals surface area contributed by atoms with E-state index in [2.05, 4.69) is 5.32 Å². The molecule has 2 amide bonds. The maximum absolute atomic E-state index is 12.6. The summed E-state index contributed by atoms with van der Waals surface area (Å²) in [6, 6.07) is 17.0. The molecule has 0 radical (unpaired) electrons. The molecular weight excluding hydrogens is 314 g/mol. The van der Waals surface area contributed by atoms with E-state index >= 15 is 0 Å². The molecule has 0 spiro atoms. The number of amides is 2. The van der Waals surface area contributed by atoms with Crippen molar-refractivity contribution < 1.29 is 9.59 Å². The van der Waals surface area contributed by atoms with Crippen LogP contribution in [0.1, 0.15) is 19.4 Å². The summed E-state index contributed by atoms with van der Waals surface area (Å²) in [5.74, 6) is -0.292. The van der Waals surface area contributed by atoms with E-state index in [0.29, 0.717) is 25.2 Å². The SMILES string of the molecule is CCN(C(=O)Cc1ccc(NC(=O)C(C)CN)cc1)c1ccccc1. The van der Waals surface area contributed by atoms with Crippen LogP contribution in [0.15, 0.2) is 54.6 Å². The minimum absolute atomic E-state index is 0.0437. The first-order valence-electron chi connectivity index (χ1n) is 8.50. The number of anilines is 2. The zero-order chi connectivity index (χ0) is 18.2. The second kappa shape index (κ2) is 8.99. The van der Waals surface area contributed by atoms with Crippen LogP contribution in [0.5, 0.6) is 0 Å². The lowest BCUT2D eigenvalue weighted by Crippen LogP contribution is -2.31. The Morgan fingerprint density at radius 3 is 2.28 bits per heavy atom. The fraction of sp³-hybridized carbons (Fsp3) is 0.300. The average Bonchev–Trinajstić information content (AvgIpc) is 2.64. The summed E-state index contributed by atoms with van der Waals surface area (Å²) in [7, 11) is 0. The van der Waals surface area contributed by atoms with Crippen LogP contribution in [-0.2, 0) is 16.0 Å². The largest absolute Gasteiger partial charge is 0.330 e. The van der Waals surface area contributed by atoms with Crippen molar-refractivity contribution in [2.24, 2.45) is 11.7 Å². The molecule has 1 atom stereocenters. The van der Waals surface area contributed by atoms with Crippen LogP contribution < -0.4 is 16.0 Å². The van der Waals surface area contributed by atoms with Crippen LogP contribution in [0.4, 0.5) is 11.4 Å². The van der Waals surface area contributed by atoms with Crippen molar-refractivity contribution in [2.75, 3.05) is 23.3 Å². The zero-order valence-electron chi connectivity index (χ0n) is 14.7. The minimum Gasteiger partial charge on any atom is -0.330 e. The Morgan fingerprint density at radius 2 is 1.72 bits per heavy atom. The quantitative estimate of drug-likeness (QED) is 0.814. The highest BCUT2D eigenvalue weighted by atomic mass is 16.2. The van der Waals surface area contributed by atoms with E-state index in [-0.39, 0.29) is 17.7 Å². The van der Waals surface area contributed by atoms with Gasteiger partial charge in [0.25, 0.3) is 0 Å². The first-order chi connectivity index (χ1) is 12.0. The number of hydrogen-bond acceptors (Lipinski definition) is 3. The number of rotatable bonds is 7. The summed E-state index contributed by atoms with van der Waals surface area (Å²) >= 11 is 0. The Kier molecular flexibility index (Phi) is 6.71. The third kappa shape index (κ3) is 5.16. The summed E-state index contributed by atoms with van der Waals surface area (Å²) < 4.78 is 0. The number of likely N-dealkylation sites (N-methyl/N-ethyl adjacent to an activating group) is 1. The lowest BCUT2D eigenvalue weighted by molar-refractivity contribution is -0.119. The maximum Gasteiger partial charge on any atom is 0.231 e. The third-order valence-electron chi connectivity index (χ3n) is 4.06. The van der Waals surface area contributed by atoms with Gasteiger partial charge < -0.3 is 16.0 Å². The van der Waals surface area contributed by atoms with E-state index < -0.39 is 0 Å². The second-order valence-electron chi connectivity index (χ2n) is 5.97. The number of carbonyl (C=O) groups is 2. The van der Waals surface area contributed by atoms with Crippen molar-refractivity contribution in [2.45, 2.75) is 20.3 Å². The van der Waals surface area contributed by atoms with E-state index in [1.807, 2.05) is 61.5 Å². The highest BCUT2D eigenvalue weighted by Gasteiger charge is 2.14. The van der Waals surface area contributed by atoms with Crippen molar-refractivity contribution in [3.63, 3.8) is 0 Å². The Labute approximate surface area is 148 Å². The number of carbonyl (C=O) groups excluding carboxylic acids is 2. The maximum atomic E-state index is 12.6. The molecule has 2 rings (SSSR count). The number of nitrogens with one attached hydrogen (secondary N) is 1. The smallest absolute Gasteiger partial charge is 0.231 e.